The first-order valence-corrected chi connectivity index (χ1v) is 8.27. The summed E-state index contributed by atoms with van der Waals surface area (Å²) in [6.45, 7) is 2.11. The van der Waals surface area contributed by atoms with Gasteiger partial charge in [0.1, 0.15) is 5.52 Å². The van der Waals surface area contributed by atoms with E-state index in [0.717, 1.165) is 27.7 Å². The van der Waals surface area contributed by atoms with E-state index in [1.165, 1.54) is 0 Å². The molecule has 0 radical (unpaired) electrons. The molecule has 0 aliphatic rings. The van der Waals surface area contributed by atoms with Crippen molar-refractivity contribution in [2.24, 2.45) is 7.05 Å². The molecule has 3 aromatic rings. The monoisotopic (exact) mass is 339 g/mol. The predicted octanol–water partition coefficient (Wildman–Crippen LogP) is 2.55. The highest BCUT2D eigenvalue weighted by Gasteiger charge is 2.20. The smallest absolute Gasteiger partial charge is 0.306 e. The van der Waals surface area contributed by atoms with Gasteiger partial charge in [-0.1, -0.05) is 35.5 Å². The summed E-state index contributed by atoms with van der Waals surface area (Å²) < 4.78 is 6.86. The number of carbonyl (C=O) groups excluding carboxylic acids is 1. The number of hydrogen-bond acceptors (Lipinski definition) is 5. The maximum Gasteiger partial charge on any atom is 0.306 e. The molecule has 3 rings (SSSR count). The number of aliphatic hydroxyl groups excluding tert-OH is 1. The lowest BCUT2D eigenvalue weighted by atomic mass is 9.87. The number of aliphatic hydroxyl groups is 1. The fourth-order valence-corrected chi connectivity index (χ4v) is 3.00. The maximum atomic E-state index is 12.1. The first-order valence-electron chi connectivity index (χ1n) is 8.27. The van der Waals surface area contributed by atoms with Gasteiger partial charge in [-0.25, -0.2) is 4.68 Å². The van der Waals surface area contributed by atoms with Crippen molar-refractivity contribution in [3.05, 3.63) is 59.2 Å². The molecule has 1 N–H and O–H groups in total. The van der Waals surface area contributed by atoms with Crippen molar-refractivity contribution in [3.63, 3.8) is 0 Å². The van der Waals surface area contributed by atoms with E-state index in [2.05, 4.69) is 10.3 Å². The van der Waals surface area contributed by atoms with Crippen molar-refractivity contribution in [2.45, 2.75) is 25.9 Å². The summed E-state index contributed by atoms with van der Waals surface area (Å²) in [5.41, 5.74) is 4.46. The number of esters is 1. The Morgan fingerprint density at radius 3 is 2.80 bits per heavy atom. The molecular weight excluding hydrogens is 318 g/mol. The van der Waals surface area contributed by atoms with Crippen LogP contribution < -0.4 is 0 Å². The SMILES string of the molecule is CCOC(=O)CC(c1cccc(CO)c1)c1ccc2c(c1)nnn2C. The minimum Gasteiger partial charge on any atom is -0.466 e. The lowest BCUT2D eigenvalue weighted by Crippen LogP contribution is -2.12. The summed E-state index contributed by atoms with van der Waals surface area (Å²) in [4.78, 5) is 12.1. The largest absolute Gasteiger partial charge is 0.466 e. The Balaban J connectivity index is 2.03. The molecule has 6 heteroatoms. The molecule has 0 aliphatic heterocycles. The Morgan fingerprint density at radius 1 is 1.24 bits per heavy atom. The summed E-state index contributed by atoms with van der Waals surface area (Å²) >= 11 is 0. The van der Waals surface area contributed by atoms with Crippen LogP contribution in [0.1, 0.15) is 36.0 Å². The number of hydrogen-bond donors (Lipinski definition) is 1. The summed E-state index contributed by atoms with van der Waals surface area (Å²) in [6.07, 6.45) is 0.231. The van der Waals surface area contributed by atoms with Gasteiger partial charge in [0.25, 0.3) is 0 Å². The summed E-state index contributed by atoms with van der Waals surface area (Å²) in [6, 6.07) is 13.5. The Kier molecular flexibility index (Phi) is 5.09. The van der Waals surface area contributed by atoms with Gasteiger partial charge in [0, 0.05) is 13.0 Å². The number of rotatable bonds is 6. The summed E-state index contributed by atoms with van der Waals surface area (Å²) in [5, 5.41) is 17.6. The zero-order valence-corrected chi connectivity index (χ0v) is 14.3. The normalized spacial score (nSPS) is 12.3. The highest BCUT2D eigenvalue weighted by atomic mass is 16.5. The lowest BCUT2D eigenvalue weighted by Gasteiger charge is -2.18. The predicted molar refractivity (Wildman–Crippen MR) is 94.0 cm³/mol. The molecule has 25 heavy (non-hydrogen) atoms. The van der Waals surface area contributed by atoms with Crippen LogP contribution in [0.3, 0.4) is 0 Å². The Labute approximate surface area is 146 Å². The highest BCUT2D eigenvalue weighted by Crippen LogP contribution is 2.31. The highest BCUT2D eigenvalue weighted by molar-refractivity contribution is 5.76. The van der Waals surface area contributed by atoms with Crippen LogP contribution in [-0.4, -0.2) is 32.7 Å². The van der Waals surface area contributed by atoms with Gasteiger partial charge in [-0.2, -0.15) is 0 Å². The third-order valence-corrected chi connectivity index (χ3v) is 4.25. The Hall–Kier alpha value is -2.73. The molecule has 0 bridgehead atoms. The van der Waals surface area contributed by atoms with Crippen molar-refractivity contribution in [1.82, 2.24) is 15.0 Å². The molecule has 0 saturated carbocycles. The number of aryl methyl sites for hydroxylation is 1. The minimum absolute atomic E-state index is 0.0385. The zero-order valence-electron chi connectivity index (χ0n) is 14.3. The summed E-state index contributed by atoms with van der Waals surface area (Å²) in [5.74, 6) is -0.418. The minimum atomic E-state index is -0.249. The van der Waals surface area contributed by atoms with Gasteiger partial charge in [0.05, 0.1) is 25.2 Å². The van der Waals surface area contributed by atoms with E-state index in [1.54, 1.807) is 11.6 Å². The van der Waals surface area contributed by atoms with Crippen molar-refractivity contribution < 1.29 is 14.6 Å². The number of aromatic nitrogens is 3. The van der Waals surface area contributed by atoms with E-state index < -0.39 is 0 Å². The number of benzene rings is 2. The van der Waals surface area contributed by atoms with Gasteiger partial charge < -0.3 is 9.84 Å². The first kappa shape index (κ1) is 17.1. The quantitative estimate of drug-likeness (QED) is 0.698. The average molecular weight is 339 g/mol. The molecule has 130 valence electrons. The van der Waals surface area contributed by atoms with Gasteiger partial charge in [0.15, 0.2) is 0 Å². The van der Waals surface area contributed by atoms with Crippen molar-refractivity contribution in [1.29, 1.82) is 0 Å². The van der Waals surface area contributed by atoms with E-state index in [4.69, 9.17) is 4.74 Å². The van der Waals surface area contributed by atoms with Gasteiger partial charge in [0.2, 0.25) is 0 Å². The molecule has 2 aromatic carbocycles. The number of nitrogens with zero attached hydrogens (tertiary/aromatic N) is 3. The molecule has 1 atom stereocenters. The van der Waals surface area contributed by atoms with Gasteiger partial charge in [-0.3, -0.25) is 4.79 Å². The second kappa shape index (κ2) is 7.44. The molecule has 0 amide bonds. The Morgan fingerprint density at radius 2 is 2.04 bits per heavy atom. The van der Waals surface area contributed by atoms with E-state index in [1.807, 2.05) is 49.5 Å². The molecule has 0 saturated heterocycles. The van der Waals surface area contributed by atoms with Gasteiger partial charge in [-0.15, -0.1) is 5.10 Å². The van der Waals surface area contributed by atoms with Crippen LogP contribution in [0.15, 0.2) is 42.5 Å². The van der Waals surface area contributed by atoms with Crippen molar-refractivity contribution >= 4 is 17.0 Å². The van der Waals surface area contributed by atoms with E-state index in [9.17, 15) is 9.90 Å². The van der Waals surface area contributed by atoms with Gasteiger partial charge in [-0.05, 0) is 35.7 Å². The maximum absolute atomic E-state index is 12.1. The van der Waals surface area contributed by atoms with Crippen LogP contribution in [0.2, 0.25) is 0 Å². The van der Waals surface area contributed by atoms with E-state index in [0.29, 0.717) is 6.61 Å². The fraction of sp³-hybridized carbons (Fsp3) is 0.316. The summed E-state index contributed by atoms with van der Waals surface area (Å²) in [7, 11) is 1.84. The van der Waals surface area contributed by atoms with Crippen LogP contribution in [0.5, 0.6) is 0 Å². The zero-order chi connectivity index (χ0) is 17.8. The molecule has 1 heterocycles. The van der Waals surface area contributed by atoms with Gasteiger partial charge >= 0.3 is 5.97 Å². The molecule has 0 fully saturated rings. The molecule has 1 aromatic heterocycles. The second-order valence-corrected chi connectivity index (χ2v) is 5.93. The molecule has 1 unspecified atom stereocenters. The average Bonchev–Trinajstić information content (AvgIpc) is 3.00. The van der Waals surface area contributed by atoms with Crippen LogP contribution in [0, 0.1) is 0 Å². The molecule has 0 spiro atoms. The third-order valence-electron chi connectivity index (χ3n) is 4.25. The van der Waals surface area contributed by atoms with Crippen LogP contribution in [0.25, 0.3) is 11.0 Å². The number of ether oxygens (including phenoxy) is 1. The standard InChI is InChI=1S/C19H21N3O3/c1-3-25-19(24)11-16(14-6-4-5-13(9-14)12-23)15-7-8-18-17(10-15)20-21-22(18)2/h4-10,16,23H,3,11-12H2,1-2H3. The van der Waals surface area contributed by atoms with Crippen molar-refractivity contribution in [3.8, 4) is 0 Å². The first-order chi connectivity index (χ1) is 12.1. The third kappa shape index (κ3) is 3.69. The van der Waals surface area contributed by atoms with Crippen LogP contribution in [0.4, 0.5) is 0 Å². The molecular formula is C19H21N3O3. The molecule has 6 nitrogen and oxygen atoms in total. The topological polar surface area (TPSA) is 77.2 Å². The van der Waals surface area contributed by atoms with Crippen molar-refractivity contribution in [2.75, 3.05) is 6.61 Å². The molecule has 0 aliphatic carbocycles. The fourth-order valence-electron chi connectivity index (χ4n) is 3.00. The van der Waals surface area contributed by atoms with E-state index >= 15 is 0 Å². The number of carbonyl (C=O) groups is 1. The van der Waals surface area contributed by atoms with E-state index in [-0.39, 0.29) is 24.9 Å². The second-order valence-electron chi connectivity index (χ2n) is 5.93. The lowest BCUT2D eigenvalue weighted by molar-refractivity contribution is -0.143. The van der Waals surface area contributed by atoms with Crippen LogP contribution in [-0.2, 0) is 23.2 Å². The Bertz CT molecular complexity index is 889. The van der Waals surface area contributed by atoms with Crippen LogP contribution >= 0.6 is 0 Å². The number of fused-ring (bicyclic) bond motifs is 1.